The van der Waals surface area contributed by atoms with Crippen LogP contribution >= 0.6 is 11.8 Å². The summed E-state index contributed by atoms with van der Waals surface area (Å²) in [4.78, 5) is 13.6. The van der Waals surface area contributed by atoms with Crippen molar-refractivity contribution in [2.45, 2.75) is 26.9 Å². The number of aliphatic hydroxyl groups is 1. The molecule has 0 bridgehead atoms. The number of sulfone groups is 1. The second kappa shape index (κ2) is 8.36. The van der Waals surface area contributed by atoms with E-state index in [1.807, 2.05) is 0 Å². The first-order chi connectivity index (χ1) is 13.7. The minimum atomic E-state index is -4.12. The van der Waals surface area contributed by atoms with Crippen molar-refractivity contribution in [1.82, 2.24) is 4.98 Å². The molecule has 2 atom stereocenters. The lowest BCUT2D eigenvalue weighted by molar-refractivity contribution is -0.149. The largest absolute Gasteiger partial charge is 0.478 e. The monoisotopic (exact) mass is 429 g/mol. The maximum Gasteiger partial charge on any atom is 0.348 e. The Bertz CT molecular complexity index is 1090. The van der Waals surface area contributed by atoms with Gasteiger partial charge in [0, 0.05) is 17.3 Å². The van der Waals surface area contributed by atoms with Crippen LogP contribution in [0.3, 0.4) is 0 Å². The number of benzene rings is 2. The Balaban J connectivity index is 1.93. The lowest BCUT2D eigenvalue weighted by atomic mass is 10.1. The molecule has 8 heteroatoms. The Hall–Kier alpha value is -2.68. The van der Waals surface area contributed by atoms with Crippen LogP contribution < -0.4 is 0 Å². The van der Waals surface area contributed by atoms with E-state index in [0.717, 1.165) is 11.1 Å². The Morgan fingerprint density at radius 3 is 2.07 bits per heavy atom. The normalized spacial score (nSPS) is 14.7. The molecule has 0 radical (unpaired) electrons. The van der Waals surface area contributed by atoms with Gasteiger partial charge in [-0.15, -0.1) is 0 Å². The van der Waals surface area contributed by atoms with E-state index in [1.165, 1.54) is 19.1 Å². The van der Waals surface area contributed by atoms with E-state index < -0.39 is 26.0 Å². The summed E-state index contributed by atoms with van der Waals surface area (Å²) in [6.45, 7) is 1.20. The second-order valence-electron chi connectivity index (χ2n) is 6.36. The SMILES string of the molecule is CC(C(O)(Sc1ccccc1)C(=O)O)S(=O)(=O)c1ccc(-c2ccncc2)cc1. The molecule has 1 aromatic heterocycles. The van der Waals surface area contributed by atoms with Crippen molar-refractivity contribution in [3.05, 3.63) is 79.1 Å². The zero-order chi connectivity index (χ0) is 21.1. The summed E-state index contributed by atoms with van der Waals surface area (Å²) in [6, 6.07) is 18.0. The standard InChI is InChI=1S/C21H19NO5S2/c1-15(21(25,20(23)24)28-18-5-3-2-4-6-18)29(26,27)19-9-7-16(8-10-19)17-11-13-22-14-12-17/h2-15,25H,1H3,(H,23,24). The van der Waals surface area contributed by atoms with Crippen molar-refractivity contribution >= 4 is 27.6 Å². The van der Waals surface area contributed by atoms with E-state index in [-0.39, 0.29) is 4.90 Å². The average molecular weight is 430 g/mol. The number of hydrogen-bond acceptors (Lipinski definition) is 6. The van der Waals surface area contributed by atoms with Gasteiger partial charge in [-0.3, -0.25) is 4.98 Å². The number of rotatable bonds is 7. The van der Waals surface area contributed by atoms with Crippen LogP contribution in [0.5, 0.6) is 0 Å². The third kappa shape index (κ3) is 4.34. The summed E-state index contributed by atoms with van der Waals surface area (Å²) in [7, 11) is -4.12. The molecule has 3 rings (SSSR count). The minimum absolute atomic E-state index is 0.0591. The Labute approximate surface area is 173 Å². The average Bonchev–Trinajstić information content (AvgIpc) is 2.74. The van der Waals surface area contributed by atoms with Crippen LogP contribution in [0.15, 0.2) is 88.9 Å². The summed E-state index contributed by atoms with van der Waals surface area (Å²) in [5.41, 5.74) is 1.67. The summed E-state index contributed by atoms with van der Waals surface area (Å²) in [6.07, 6.45) is 3.27. The van der Waals surface area contributed by atoms with Gasteiger partial charge >= 0.3 is 5.97 Å². The Kier molecular flexibility index (Phi) is 6.07. The van der Waals surface area contributed by atoms with Gasteiger partial charge < -0.3 is 10.2 Å². The number of carbonyl (C=O) groups is 1. The Morgan fingerprint density at radius 1 is 0.966 bits per heavy atom. The first-order valence-electron chi connectivity index (χ1n) is 8.69. The third-order valence-electron chi connectivity index (χ3n) is 4.54. The van der Waals surface area contributed by atoms with Crippen molar-refractivity contribution in [1.29, 1.82) is 0 Å². The van der Waals surface area contributed by atoms with Crippen molar-refractivity contribution in [2.75, 3.05) is 0 Å². The number of carboxylic acids is 1. The minimum Gasteiger partial charge on any atom is -0.478 e. The van der Waals surface area contributed by atoms with Crippen molar-refractivity contribution in [2.24, 2.45) is 0 Å². The molecule has 0 saturated carbocycles. The molecule has 2 N–H and O–H groups in total. The molecule has 150 valence electrons. The highest BCUT2D eigenvalue weighted by Crippen LogP contribution is 2.38. The lowest BCUT2D eigenvalue weighted by Crippen LogP contribution is -2.48. The molecule has 0 saturated heterocycles. The summed E-state index contributed by atoms with van der Waals surface area (Å²) in [5, 5.41) is 18.9. The van der Waals surface area contributed by atoms with Gasteiger partial charge in [0.1, 0.15) is 5.25 Å². The van der Waals surface area contributed by atoms with Gasteiger partial charge in [-0.1, -0.05) is 42.1 Å². The van der Waals surface area contributed by atoms with E-state index in [9.17, 15) is 23.4 Å². The van der Waals surface area contributed by atoms with Gasteiger partial charge in [0.2, 0.25) is 4.93 Å². The predicted molar refractivity (Wildman–Crippen MR) is 111 cm³/mol. The highest BCUT2D eigenvalue weighted by Gasteiger charge is 2.50. The molecule has 3 aromatic rings. The van der Waals surface area contributed by atoms with E-state index in [0.29, 0.717) is 16.7 Å². The molecule has 0 aliphatic rings. The molecular weight excluding hydrogens is 410 g/mol. The van der Waals surface area contributed by atoms with Gasteiger partial charge in [-0.05, 0) is 54.4 Å². The number of thioether (sulfide) groups is 1. The fourth-order valence-corrected chi connectivity index (χ4v) is 5.64. The molecule has 1 heterocycles. The van der Waals surface area contributed by atoms with Crippen LogP contribution in [-0.2, 0) is 14.6 Å². The van der Waals surface area contributed by atoms with Crippen LogP contribution in [0.25, 0.3) is 11.1 Å². The van der Waals surface area contributed by atoms with Gasteiger partial charge in [0.15, 0.2) is 9.84 Å². The van der Waals surface area contributed by atoms with Crippen molar-refractivity contribution in [3.63, 3.8) is 0 Å². The third-order valence-corrected chi connectivity index (χ3v) is 8.23. The number of carboxylic acid groups (broad SMARTS) is 1. The number of hydrogen-bond donors (Lipinski definition) is 2. The highest BCUT2D eigenvalue weighted by molar-refractivity contribution is 8.02. The topological polar surface area (TPSA) is 105 Å². The molecule has 2 aromatic carbocycles. The fraction of sp³-hybridized carbons (Fsp3) is 0.143. The van der Waals surface area contributed by atoms with Gasteiger partial charge in [0.25, 0.3) is 0 Å². The lowest BCUT2D eigenvalue weighted by Gasteiger charge is -2.29. The second-order valence-corrected chi connectivity index (χ2v) is 9.93. The molecule has 0 fully saturated rings. The highest BCUT2D eigenvalue weighted by atomic mass is 32.2. The van der Waals surface area contributed by atoms with E-state index in [4.69, 9.17) is 0 Å². The van der Waals surface area contributed by atoms with Crippen LogP contribution in [-0.4, -0.2) is 39.8 Å². The van der Waals surface area contributed by atoms with Crippen LogP contribution in [0, 0.1) is 0 Å². The van der Waals surface area contributed by atoms with E-state index in [2.05, 4.69) is 4.98 Å². The quantitative estimate of drug-likeness (QED) is 0.438. The van der Waals surface area contributed by atoms with E-state index in [1.54, 1.807) is 67.0 Å². The number of aromatic nitrogens is 1. The van der Waals surface area contributed by atoms with Gasteiger partial charge in [0.05, 0.1) is 4.90 Å². The molecular formula is C21H19NO5S2. The maximum atomic E-state index is 13.1. The number of nitrogens with zero attached hydrogens (tertiary/aromatic N) is 1. The first kappa shape index (κ1) is 21.0. The van der Waals surface area contributed by atoms with E-state index >= 15 is 0 Å². The molecule has 0 amide bonds. The fourth-order valence-electron chi connectivity index (χ4n) is 2.76. The van der Waals surface area contributed by atoms with Gasteiger partial charge in [-0.25, -0.2) is 13.2 Å². The number of pyridine rings is 1. The molecule has 2 unspecified atom stereocenters. The maximum absolute atomic E-state index is 13.1. The summed E-state index contributed by atoms with van der Waals surface area (Å²) < 4.78 is 26.1. The molecule has 6 nitrogen and oxygen atoms in total. The van der Waals surface area contributed by atoms with Crippen LogP contribution in [0.2, 0.25) is 0 Å². The van der Waals surface area contributed by atoms with Gasteiger partial charge in [-0.2, -0.15) is 0 Å². The smallest absolute Gasteiger partial charge is 0.348 e. The zero-order valence-electron chi connectivity index (χ0n) is 15.5. The first-order valence-corrected chi connectivity index (χ1v) is 11.1. The predicted octanol–water partition coefficient (Wildman–Crippen LogP) is 3.48. The Morgan fingerprint density at radius 2 is 1.52 bits per heavy atom. The zero-order valence-corrected chi connectivity index (χ0v) is 17.1. The van der Waals surface area contributed by atoms with Crippen molar-refractivity contribution in [3.8, 4) is 11.1 Å². The summed E-state index contributed by atoms with van der Waals surface area (Å²) >= 11 is 0.599. The molecule has 29 heavy (non-hydrogen) atoms. The van der Waals surface area contributed by atoms with Crippen LogP contribution in [0.4, 0.5) is 0 Å². The summed E-state index contributed by atoms with van der Waals surface area (Å²) in [5.74, 6) is -1.61. The number of aliphatic carboxylic acids is 1. The molecule has 0 aliphatic carbocycles. The molecule has 0 spiro atoms. The molecule has 0 aliphatic heterocycles. The van der Waals surface area contributed by atoms with Crippen LogP contribution in [0.1, 0.15) is 6.92 Å². The van der Waals surface area contributed by atoms with Crippen molar-refractivity contribution < 1.29 is 23.4 Å².